The third kappa shape index (κ3) is 2.65. The van der Waals surface area contributed by atoms with Gasteiger partial charge in [-0.05, 0) is 26.3 Å². The number of fused-ring (bicyclic) bond motifs is 1. The topological polar surface area (TPSA) is 30.7 Å². The second-order valence-corrected chi connectivity index (χ2v) is 4.05. The van der Waals surface area contributed by atoms with E-state index < -0.39 is 0 Å². The van der Waals surface area contributed by atoms with Crippen LogP contribution in [0.15, 0.2) is 6.07 Å². The summed E-state index contributed by atoms with van der Waals surface area (Å²) < 4.78 is 2.13. The van der Waals surface area contributed by atoms with E-state index in [0.717, 1.165) is 35.6 Å². The molecule has 0 N–H and O–H groups in total. The van der Waals surface area contributed by atoms with Crippen LogP contribution in [0.25, 0.3) is 11.0 Å². The van der Waals surface area contributed by atoms with Crippen molar-refractivity contribution >= 4 is 11.0 Å². The second kappa shape index (κ2) is 5.80. The predicted molar refractivity (Wildman–Crippen MR) is 73.3 cm³/mol. The average molecular weight is 233 g/mol. The number of nitrogens with zero attached hydrogens (tertiary/aromatic N) is 3. The summed E-state index contributed by atoms with van der Waals surface area (Å²) in [5.41, 5.74) is 4.48. The molecule has 0 spiro atoms. The van der Waals surface area contributed by atoms with Gasteiger partial charge in [-0.1, -0.05) is 27.2 Å². The summed E-state index contributed by atoms with van der Waals surface area (Å²) in [6.45, 7) is 10.2. The summed E-state index contributed by atoms with van der Waals surface area (Å²) >= 11 is 0. The molecule has 0 saturated heterocycles. The summed E-state index contributed by atoms with van der Waals surface area (Å²) in [4.78, 5) is 9.14. The number of hydrogen-bond acceptors (Lipinski definition) is 2. The fraction of sp³-hybridized carbons (Fsp3) is 0.571. The molecule has 17 heavy (non-hydrogen) atoms. The second-order valence-electron chi connectivity index (χ2n) is 4.05. The molecule has 2 aromatic rings. The van der Waals surface area contributed by atoms with Crippen LogP contribution in [0.1, 0.15) is 44.4 Å². The van der Waals surface area contributed by atoms with E-state index in [1.54, 1.807) is 0 Å². The van der Waals surface area contributed by atoms with Gasteiger partial charge in [0.05, 0.1) is 11.2 Å². The average Bonchev–Trinajstić information content (AvgIpc) is 2.60. The maximum atomic E-state index is 4.57. The Bertz CT molecular complexity index is 498. The van der Waals surface area contributed by atoms with E-state index in [1.165, 1.54) is 5.52 Å². The zero-order valence-electron chi connectivity index (χ0n) is 11.8. The van der Waals surface area contributed by atoms with E-state index >= 15 is 0 Å². The summed E-state index contributed by atoms with van der Waals surface area (Å²) in [7, 11) is 2.06. The molecule has 0 saturated carbocycles. The molecule has 0 fully saturated rings. The van der Waals surface area contributed by atoms with Gasteiger partial charge in [0.2, 0.25) is 0 Å². The van der Waals surface area contributed by atoms with E-state index in [-0.39, 0.29) is 0 Å². The lowest BCUT2D eigenvalue weighted by atomic mass is 10.2. The summed E-state index contributed by atoms with van der Waals surface area (Å²) in [5.74, 6) is 1.05. The van der Waals surface area contributed by atoms with E-state index in [2.05, 4.69) is 34.6 Å². The Kier molecular flexibility index (Phi) is 4.67. The van der Waals surface area contributed by atoms with Gasteiger partial charge in [0.25, 0.3) is 0 Å². The van der Waals surface area contributed by atoms with Crippen molar-refractivity contribution in [3.05, 3.63) is 23.3 Å². The van der Waals surface area contributed by atoms with Crippen LogP contribution >= 0.6 is 0 Å². The highest BCUT2D eigenvalue weighted by molar-refractivity contribution is 5.78. The monoisotopic (exact) mass is 233 g/mol. The van der Waals surface area contributed by atoms with Gasteiger partial charge >= 0.3 is 0 Å². The van der Waals surface area contributed by atoms with Crippen molar-refractivity contribution in [2.45, 2.75) is 47.5 Å². The van der Waals surface area contributed by atoms with Crippen LogP contribution in [0.5, 0.6) is 0 Å². The largest absolute Gasteiger partial charge is 0.331 e. The lowest BCUT2D eigenvalue weighted by Crippen LogP contribution is -1.95. The van der Waals surface area contributed by atoms with Gasteiger partial charge in [0, 0.05) is 12.7 Å². The molecule has 0 aliphatic rings. The van der Waals surface area contributed by atoms with E-state index in [0.29, 0.717) is 0 Å². The first kappa shape index (κ1) is 13.7. The van der Waals surface area contributed by atoms with E-state index in [9.17, 15) is 0 Å². The minimum Gasteiger partial charge on any atom is -0.331 e. The van der Waals surface area contributed by atoms with Gasteiger partial charge in [-0.15, -0.1) is 0 Å². The molecule has 2 aromatic heterocycles. The van der Waals surface area contributed by atoms with Crippen molar-refractivity contribution in [3.63, 3.8) is 0 Å². The highest BCUT2D eigenvalue weighted by Gasteiger charge is 2.10. The van der Waals surface area contributed by atoms with Crippen LogP contribution in [0.4, 0.5) is 0 Å². The Morgan fingerprint density at radius 3 is 2.41 bits per heavy atom. The highest BCUT2D eigenvalue weighted by atomic mass is 15.1. The van der Waals surface area contributed by atoms with Crippen molar-refractivity contribution in [2.24, 2.45) is 7.05 Å². The maximum Gasteiger partial charge on any atom is 0.110 e. The lowest BCUT2D eigenvalue weighted by molar-refractivity contribution is 0.881. The summed E-state index contributed by atoms with van der Waals surface area (Å²) in [6, 6.07) is 2.11. The molecule has 3 heteroatoms. The molecule has 0 atom stereocenters. The van der Waals surface area contributed by atoms with Crippen LogP contribution in [-0.2, 0) is 13.5 Å². The van der Waals surface area contributed by atoms with Gasteiger partial charge in [0.1, 0.15) is 11.3 Å². The SMILES string of the molecule is CC.CCCc1nc(C)cc2c1nc(C)n2C. The molecule has 0 amide bonds. The molecule has 0 aromatic carbocycles. The first-order valence-corrected chi connectivity index (χ1v) is 6.43. The number of pyridine rings is 1. The number of rotatable bonds is 2. The molecule has 2 heterocycles. The fourth-order valence-corrected chi connectivity index (χ4v) is 1.91. The molecular formula is C14H23N3. The smallest absolute Gasteiger partial charge is 0.110 e. The molecule has 0 aliphatic carbocycles. The normalized spacial score (nSPS) is 10.2. The zero-order chi connectivity index (χ0) is 13.0. The van der Waals surface area contributed by atoms with Crippen molar-refractivity contribution in [3.8, 4) is 0 Å². The van der Waals surface area contributed by atoms with Crippen LogP contribution in [0.2, 0.25) is 0 Å². The molecule has 0 radical (unpaired) electrons. The van der Waals surface area contributed by atoms with E-state index in [4.69, 9.17) is 0 Å². The van der Waals surface area contributed by atoms with Gasteiger partial charge in [-0.25, -0.2) is 4.98 Å². The Morgan fingerprint density at radius 1 is 1.18 bits per heavy atom. The Morgan fingerprint density at radius 2 is 1.82 bits per heavy atom. The van der Waals surface area contributed by atoms with Gasteiger partial charge < -0.3 is 4.57 Å². The minimum atomic E-state index is 1.01. The van der Waals surface area contributed by atoms with Crippen LogP contribution < -0.4 is 0 Å². The predicted octanol–water partition coefficient (Wildman–Crippen LogP) is 3.56. The summed E-state index contributed by atoms with van der Waals surface area (Å²) in [6.07, 6.45) is 2.12. The Balaban J connectivity index is 0.000000686. The van der Waals surface area contributed by atoms with Crippen LogP contribution in [-0.4, -0.2) is 14.5 Å². The first-order chi connectivity index (χ1) is 8.13. The number of hydrogen-bond donors (Lipinski definition) is 0. The van der Waals surface area contributed by atoms with Gasteiger partial charge in [0.15, 0.2) is 0 Å². The number of aryl methyl sites for hydroxylation is 4. The molecule has 94 valence electrons. The quantitative estimate of drug-likeness (QED) is 0.794. The van der Waals surface area contributed by atoms with Crippen LogP contribution in [0, 0.1) is 13.8 Å². The van der Waals surface area contributed by atoms with Gasteiger partial charge in [-0.2, -0.15) is 0 Å². The minimum absolute atomic E-state index is 1.01. The third-order valence-corrected chi connectivity index (χ3v) is 2.78. The fourth-order valence-electron chi connectivity index (χ4n) is 1.91. The standard InChI is InChI=1S/C12H17N3.C2H6/c1-5-6-10-12-11(7-8(2)13-10)15(4)9(3)14-12;1-2/h7H,5-6H2,1-4H3;1-2H3. The molecule has 0 aliphatic heterocycles. The van der Waals surface area contributed by atoms with Crippen LogP contribution in [0.3, 0.4) is 0 Å². The van der Waals surface area contributed by atoms with Crippen molar-refractivity contribution in [1.82, 2.24) is 14.5 Å². The Hall–Kier alpha value is -1.38. The zero-order valence-corrected chi connectivity index (χ0v) is 11.8. The lowest BCUT2D eigenvalue weighted by Gasteiger charge is -2.02. The first-order valence-electron chi connectivity index (χ1n) is 6.43. The van der Waals surface area contributed by atoms with Crippen molar-refractivity contribution < 1.29 is 0 Å². The molecule has 0 bridgehead atoms. The third-order valence-electron chi connectivity index (χ3n) is 2.78. The molecule has 0 unspecified atom stereocenters. The molecular weight excluding hydrogens is 210 g/mol. The number of imidazole rings is 1. The van der Waals surface area contributed by atoms with Gasteiger partial charge in [-0.3, -0.25) is 4.98 Å². The van der Waals surface area contributed by atoms with E-state index in [1.807, 2.05) is 27.7 Å². The maximum absolute atomic E-state index is 4.57. The van der Waals surface area contributed by atoms with Crippen molar-refractivity contribution in [1.29, 1.82) is 0 Å². The molecule has 3 nitrogen and oxygen atoms in total. The van der Waals surface area contributed by atoms with Crippen molar-refractivity contribution in [2.75, 3.05) is 0 Å². The Labute approximate surface area is 104 Å². The molecule has 2 rings (SSSR count). The number of aromatic nitrogens is 3. The summed E-state index contributed by atoms with van der Waals surface area (Å²) in [5, 5.41) is 0. The highest BCUT2D eigenvalue weighted by Crippen LogP contribution is 2.19.